The molecule has 3 aromatic rings. The fraction of sp³-hybridized carbons (Fsp3) is 0.105. The zero-order valence-electron chi connectivity index (χ0n) is 14.2. The van der Waals surface area contributed by atoms with Crippen molar-refractivity contribution in [1.29, 1.82) is 0 Å². The summed E-state index contributed by atoms with van der Waals surface area (Å²) < 4.78 is 0. The molecule has 0 saturated heterocycles. The topological polar surface area (TPSA) is 66.9 Å². The van der Waals surface area contributed by atoms with E-state index in [0.717, 1.165) is 5.56 Å². The Labute approximate surface area is 161 Å². The van der Waals surface area contributed by atoms with Crippen LogP contribution >= 0.6 is 23.2 Å². The minimum Gasteiger partial charge on any atom is -0.323 e. The van der Waals surface area contributed by atoms with E-state index >= 15 is 0 Å². The lowest BCUT2D eigenvalue weighted by atomic mass is 10.2. The highest BCUT2D eigenvalue weighted by molar-refractivity contribution is 6.36. The summed E-state index contributed by atoms with van der Waals surface area (Å²) in [5, 5.41) is 6.82. The van der Waals surface area contributed by atoms with Gasteiger partial charge in [-0.1, -0.05) is 35.3 Å². The molecule has 0 aliphatic carbocycles. The van der Waals surface area contributed by atoms with Crippen LogP contribution in [0.4, 0.5) is 17.3 Å². The summed E-state index contributed by atoms with van der Waals surface area (Å²) >= 11 is 12.1. The van der Waals surface area contributed by atoms with E-state index in [1.807, 2.05) is 31.2 Å². The van der Waals surface area contributed by atoms with Crippen LogP contribution in [0.15, 0.2) is 48.5 Å². The summed E-state index contributed by atoms with van der Waals surface area (Å²) in [6, 6.07) is 14.2. The maximum atomic E-state index is 12.5. The van der Waals surface area contributed by atoms with Crippen LogP contribution in [0.1, 0.15) is 21.7 Å². The first kappa shape index (κ1) is 18.2. The van der Waals surface area contributed by atoms with Gasteiger partial charge < -0.3 is 10.6 Å². The number of hydrogen-bond donors (Lipinski definition) is 2. The van der Waals surface area contributed by atoms with Gasteiger partial charge in [-0.2, -0.15) is 0 Å². The molecule has 1 aromatic heterocycles. The molecule has 0 saturated carbocycles. The normalized spacial score (nSPS) is 10.5. The van der Waals surface area contributed by atoms with Gasteiger partial charge in [0.05, 0.1) is 10.7 Å². The number of carbonyl (C=O) groups is 1. The molecule has 0 unspecified atom stereocenters. The van der Waals surface area contributed by atoms with Crippen LogP contribution in [-0.2, 0) is 0 Å². The molecule has 0 bridgehead atoms. The average Bonchev–Trinajstić information content (AvgIpc) is 2.57. The third-order valence-electron chi connectivity index (χ3n) is 3.54. The molecular formula is C19H16Cl2N4O. The average molecular weight is 387 g/mol. The highest BCUT2D eigenvalue weighted by Gasteiger charge is 2.12. The Morgan fingerprint density at radius 3 is 2.54 bits per heavy atom. The number of anilines is 3. The van der Waals surface area contributed by atoms with Gasteiger partial charge >= 0.3 is 0 Å². The monoisotopic (exact) mass is 386 g/mol. The number of rotatable bonds is 4. The van der Waals surface area contributed by atoms with Crippen molar-refractivity contribution in [2.24, 2.45) is 0 Å². The summed E-state index contributed by atoms with van der Waals surface area (Å²) in [5.74, 6) is -0.0324. The summed E-state index contributed by atoms with van der Waals surface area (Å²) in [6.45, 7) is 3.75. The first-order valence-corrected chi connectivity index (χ1v) is 8.62. The Morgan fingerprint density at radius 2 is 1.81 bits per heavy atom. The standard InChI is InChI=1S/C19H16Cl2N4O/c1-11-4-3-5-14(8-11)23-18(26)17-9-12(2)22-19(25-17)24-16-7-6-13(20)10-15(16)21/h3-10H,1-2H3,(H,23,26)(H,22,24,25). The summed E-state index contributed by atoms with van der Waals surface area (Å²) in [7, 11) is 0. The molecule has 2 N–H and O–H groups in total. The van der Waals surface area contributed by atoms with Crippen molar-refractivity contribution >= 4 is 46.4 Å². The van der Waals surface area contributed by atoms with E-state index in [4.69, 9.17) is 23.2 Å². The van der Waals surface area contributed by atoms with Crippen LogP contribution in [0.25, 0.3) is 0 Å². The van der Waals surface area contributed by atoms with Crippen molar-refractivity contribution in [2.45, 2.75) is 13.8 Å². The van der Waals surface area contributed by atoms with E-state index < -0.39 is 0 Å². The lowest BCUT2D eigenvalue weighted by Gasteiger charge is -2.10. The van der Waals surface area contributed by atoms with Crippen molar-refractivity contribution in [1.82, 2.24) is 9.97 Å². The summed E-state index contributed by atoms with van der Waals surface area (Å²) in [5.41, 5.74) is 3.28. The highest BCUT2D eigenvalue weighted by Crippen LogP contribution is 2.27. The Balaban J connectivity index is 1.84. The molecule has 1 amide bonds. The molecule has 1 heterocycles. The maximum absolute atomic E-state index is 12.5. The van der Waals surface area contributed by atoms with Gasteiger partial charge in [-0.25, -0.2) is 9.97 Å². The van der Waals surface area contributed by atoms with E-state index in [2.05, 4.69) is 20.6 Å². The van der Waals surface area contributed by atoms with Crippen molar-refractivity contribution in [3.8, 4) is 0 Å². The molecule has 2 aromatic carbocycles. The SMILES string of the molecule is Cc1cccc(NC(=O)c2cc(C)nc(Nc3ccc(Cl)cc3Cl)n2)c1. The van der Waals surface area contributed by atoms with E-state index in [9.17, 15) is 4.79 Å². The first-order valence-electron chi connectivity index (χ1n) is 7.86. The van der Waals surface area contributed by atoms with Gasteiger partial charge in [0, 0.05) is 16.4 Å². The van der Waals surface area contributed by atoms with Gasteiger partial charge in [0.25, 0.3) is 5.91 Å². The molecule has 3 rings (SSSR count). The fourth-order valence-corrected chi connectivity index (χ4v) is 2.83. The van der Waals surface area contributed by atoms with E-state index in [-0.39, 0.29) is 17.5 Å². The molecule has 26 heavy (non-hydrogen) atoms. The number of aromatic nitrogens is 2. The minimum atomic E-state index is -0.314. The molecular weight excluding hydrogens is 371 g/mol. The number of carbonyl (C=O) groups excluding carboxylic acids is 1. The predicted molar refractivity (Wildman–Crippen MR) is 106 cm³/mol. The highest BCUT2D eigenvalue weighted by atomic mass is 35.5. The van der Waals surface area contributed by atoms with Gasteiger partial charge in [-0.15, -0.1) is 0 Å². The zero-order valence-corrected chi connectivity index (χ0v) is 15.7. The van der Waals surface area contributed by atoms with Gasteiger partial charge in [0.1, 0.15) is 5.69 Å². The van der Waals surface area contributed by atoms with Crippen molar-refractivity contribution < 1.29 is 4.79 Å². The molecule has 0 atom stereocenters. The zero-order chi connectivity index (χ0) is 18.7. The molecule has 5 nitrogen and oxygen atoms in total. The molecule has 132 valence electrons. The fourth-order valence-electron chi connectivity index (χ4n) is 2.37. The smallest absolute Gasteiger partial charge is 0.274 e. The first-order chi connectivity index (χ1) is 12.4. The van der Waals surface area contributed by atoms with Crippen molar-refractivity contribution in [3.05, 3.63) is 75.5 Å². The summed E-state index contributed by atoms with van der Waals surface area (Å²) in [4.78, 5) is 21.1. The Hall–Kier alpha value is -2.63. The Kier molecular flexibility index (Phi) is 5.40. The molecule has 0 fully saturated rings. The number of nitrogens with one attached hydrogen (secondary N) is 2. The van der Waals surface area contributed by atoms with Crippen molar-refractivity contribution in [3.63, 3.8) is 0 Å². The minimum absolute atomic E-state index is 0.256. The van der Waals surface area contributed by atoms with Gasteiger partial charge in [0.15, 0.2) is 0 Å². The van der Waals surface area contributed by atoms with Crippen molar-refractivity contribution in [2.75, 3.05) is 10.6 Å². The van der Waals surface area contributed by atoms with Crippen LogP contribution in [-0.4, -0.2) is 15.9 Å². The largest absolute Gasteiger partial charge is 0.323 e. The van der Waals surface area contributed by atoms with Crippen LogP contribution in [0.2, 0.25) is 10.0 Å². The second kappa shape index (κ2) is 7.72. The number of halogens is 2. The Morgan fingerprint density at radius 1 is 1.00 bits per heavy atom. The third kappa shape index (κ3) is 4.50. The van der Waals surface area contributed by atoms with Crippen LogP contribution in [0, 0.1) is 13.8 Å². The van der Waals surface area contributed by atoms with Gasteiger partial charge in [-0.3, -0.25) is 4.79 Å². The van der Waals surface area contributed by atoms with E-state index in [1.165, 1.54) is 0 Å². The molecule has 0 radical (unpaired) electrons. The van der Waals surface area contributed by atoms with Crippen LogP contribution in [0.3, 0.4) is 0 Å². The van der Waals surface area contributed by atoms with Crippen LogP contribution in [0.5, 0.6) is 0 Å². The number of aryl methyl sites for hydroxylation is 2. The number of hydrogen-bond acceptors (Lipinski definition) is 4. The van der Waals surface area contributed by atoms with Gasteiger partial charge in [0.2, 0.25) is 5.95 Å². The molecule has 0 aliphatic rings. The third-order valence-corrected chi connectivity index (χ3v) is 4.09. The predicted octanol–water partition coefficient (Wildman–Crippen LogP) is 5.40. The van der Waals surface area contributed by atoms with E-state index in [1.54, 1.807) is 31.2 Å². The van der Waals surface area contributed by atoms with E-state index in [0.29, 0.717) is 27.1 Å². The maximum Gasteiger partial charge on any atom is 0.274 e. The molecule has 0 spiro atoms. The second-order valence-corrected chi connectivity index (χ2v) is 6.63. The van der Waals surface area contributed by atoms with Gasteiger partial charge in [-0.05, 0) is 55.8 Å². The molecule has 7 heteroatoms. The summed E-state index contributed by atoms with van der Waals surface area (Å²) in [6.07, 6.45) is 0. The van der Waals surface area contributed by atoms with Crippen LogP contribution < -0.4 is 10.6 Å². The number of benzene rings is 2. The number of amides is 1. The Bertz CT molecular complexity index is 976. The quantitative estimate of drug-likeness (QED) is 0.629. The number of nitrogens with zero attached hydrogens (tertiary/aromatic N) is 2. The molecule has 0 aliphatic heterocycles. The lowest BCUT2D eigenvalue weighted by molar-refractivity contribution is 0.102. The lowest BCUT2D eigenvalue weighted by Crippen LogP contribution is -2.15. The second-order valence-electron chi connectivity index (χ2n) is 5.79.